The molecule has 0 amide bonds. The minimum atomic E-state index is -0.890. The van der Waals surface area contributed by atoms with Gasteiger partial charge in [0.25, 0.3) is 0 Å². The Hall–Kier alpha value is -1.08. The molecule has 1 aromatic rings. The van der Waals surface area contributed by atoms with Crippen LogP contribution in [0.25, 0.3) is 0 Å². The molecule has 0 aliphatic carbocycles. The van der Waals surface area contributed by atoms with Crippen molar-refractivity contribution in [3.05, 3.63) is 35.9 Å². The Morgan fingerprint density at radius 3 is 2.53 bits per heavy atom. The quantitative estimate of drug-likeness (QED) is 0.795. The normalized spacial score (nSPS) is 21.3. The summed E-state index contributed by atoms with van der Waals surface area (Å²) in [6, 6.07) is 12.3. The van der Waals surface area contributed by atoms with Crippen LogP contribution in [-0.2, 0) is 4.74 Å². The first-order valence-electron chi connectivity index (χ1n) is 6.68. The van der Waals surface area contributed by atoms with Gasteiger partial charge in [-0.2, -0.15) is 5.26 Å². The standard InChI is InChI=1S/C15H19ClN2O/c1-2-15(16,12-17)14(13-6-4-3-5-7-13)18-8-10-19-11-9-18/h3-7,14H,2,8-11H2,1H3. The number of nitriles is 1. The number of hydrogen-bond donors (Lipinski definition) is 0. The van der Waals surface area contributed by atoms with Crippen LogP contribution in [0, 0.1) is 11.3 Å². The van der Waals surface area contributed by atoms with Crippen molar-refractivity contribution in [3.8, 4) is 6.07 Å². The number of halogens is 1. The molecule has 0 saturated carbocycles. The summed E-state index contributed by atoms with van der Waals surface area (Å²) in [7, 11) is 0. The average molecular weight is 279 g/mol. The summed E-state index contributed by atoms with van der Waals surface area (Å²) in [5.41, 5.74) is 1.10. The van der Waals surface area contributed by atoms with Gasteiger partial charge < -0.3 is 4.74 Å². The average Bonchev–Trinajstić information content (AvgIpc) is 2.49. The minimum absolute atomic E-state index is 0.0886. The molecule has 2 atom stereocenters. The first kappa shape index (κ1) is 14.3. The van der Waals surface area contributed by atoms with Gasteiger partial charge in [-0.05, 0) is 12.0 Å². The van der Waals surface area contributed by atoms with E-state index in [1.165, 1.54) is 0 Å². The lowest BCUT2D eigenvalue weighted by atomic mass is 9.89. The predicted molar refractivity (Wildman–Crippen MR) is 76.1 cm³/mol. The zero-order chi connectivity index (χ0) is 13.7. The van der Waals surface area contributed by atoms with Gasteiger partial charge in [-0.1, -0.05) is 37.3 Å². The number of alkyl halides is 1. The van der Waals surface area contributed by atoms with Crippen LogP contribution < -0.4 is 0 Å². The molecule has 0 radical (unpaired) electrons. The van der Waals surface area contributed by atoms with Gasteiger partial charge in [0.05, 0.1) is 25.3 Å². The number of rotatable bonds is 4. The van der Waals surface area contributed by atoms with Crippen molar-refractivity contribution in [2.45, 2.75) is 24.3 Å². The molecule has 0 N–H and O–H groups in total. The van der Waals surface area contributed by atoms with Gasteiger partial charge in [-0.25, -0.2) is 0 Å². The van der Waals surface area contributed by atoms with E-state index in [1.54, 1.807) is 0 Å². The highest BCUT2D eigenvalue weighted by Gasteiger charge is 2.40. The zero-order valence-corrected chi connectivity index (χ0v) is 11.9. The van der Waals surface area contributed by atoms with E-state index >= 15 is 0 Å². The smallest absolute Gasteiger partial charge is 0.150 e. The summed E-state index contributed by atoms with van der Waals surface area (Å²) in [6.45, 7) is 4.99. The van der Waals surface area contributed by atoms with Crippen molar-refractivity contribution in [2.24, 2.45) is 0 Å². The third-order valence-electron chi connectivity index (χ3n) is 3.66. The number of ether oxygens (including phenoxy) is 1. The third-order valence-corrected chi connectivity index (χ3v) is 4.22. The topological polar surface area (TPSA) is 36.3 Å². The van der Waals surface area contributed by atoms with Crippen molar-refractivity contribution in [2.75, 3.05) is 26.3 Å². The molecule has 0 spiro atoms. The predicted octanol–water partition coefficient (Wildman–Crippen LogP) is 2.97. The van der Waals surface area contributed by atoms with E-state index in [4.69, 9.17) is 16.3 Å². The molecule has 2 unspecified atom stereocenters. The SMILES string of the molecule is CCC(Cl)(C#N)C(c1ccccc1)N1CCOCC1. The first-order chi connectivity index (χ1) is 9.21. The van der Waals surface area contributed by atoms with Crippen LogP contribution in [0.3, 0.4) is 0 Å². The maximum atomic E-state index is 9.51. The molecule has 1 aliphatic heterocycles. The third kappa shape index (κ3) is 3.09. The van der Waals surface area contributed by atoms with Gasteiger partial charge in [0.15, 0.2) is 0 Å². The molecule has 0 bridgehead atoms. The van der Waals surface area contributed by atoms with E-state index in [1.807, 2.05) is 37.3 Å². The fourth-order valence-corrected chi connectivity index (χ4v) is 2.83. The van der Waals surface area contributed by atoms with Crippen LogP contribution in [0.5, 0.6) is 0 Å². The van der Waals surface area contributed by atoms with Gasteiger partial charge in [-0.15, -0.1) is 11.6 Å². The maximum absolute atomic E-state index is 9.51. The molecular weight excluding hydrogens is 260 g/mol. The molecule has 4 heteroatoms. The second-order valence-electron chi connectivity index (χ2n) is 4.79. The Bertz CT molecular complexity index is 439. The van der Waals surface area contributed by atoms with Gasteiger partial charge in [-0.3, -0.25) is 4.90 Å². The summed E-state index contributed by atoms with van der Waals surface area (Å²) < 4.78 is 5.40. The van der Waals surface area contributed by atoms with Crippen molar-refractivity contribution >= 4 is 11.6 Å². The molecule has 2 rings (SSSR count). The number of benzene rings is 1. The van der Waals surface area contributed by atoms with E-state index in [9.17, 15) is 5.26 Å². The Kier molecular flexibility index (Phi) is 4.81. The number of nitrogens with zero attached hydrogens (tertiary/aromatic N) is 2. The Labute approximate surface area is 119 Å². The molecule has 1 saturated heterocycles. The highest BCUT2D eigenvalue weighted by molar-refractivity contribution is 6.26. The van der Waals surface area contributed by atoms with Crippen LogP contribution in [0.15, 0.2) is 30.3 Å². The largest absolute Gasteiger partial charge is 0.379 e. The summed E-state index contributed by atoms with van der Waals surface area (Å²) in [4.78, 5) is 1.37. The van der Waals surface area contributed by atoms with E-state index in [2.05, 4.69) is 11.0 Å². The fraction of sp³-hybridized carbons (Fsp3) is 0.533. The monoisotopic (exact) mass is 278 g/mol. The van der Waals surface area contributed by atoms with Crippen molar-refractivity contribution in [3.63, 3.8) is 0 Å². The molecule has 1 heterocycles. The second-order valence-corrected chi connectivity index (χ2v) is 5.46. The molecule has 1 aliphatic rings. The summed E-state index contributed by atoms with van der Waals surface area (Å²) in [6.07, 6.45) is 0.613. The maximum Gasteiger partial charge on any atom is 0.150 e. The minimum Gasteiger partial charge on any atom is -0.379 e. The van der Waals surface area contributed by atoms with E-state index < -0.39 is 4.87 Å². The Balaban J connectivity index is 2.36. The van der Waals surface area contributed by atoms with Crippen LogP contribution in [0.1, 0.15) is 24.9 Å². The van der Waals surface area contributed by atoms with E-state index in [0.29, 0.717) is 19.6 Å². The van der Waals surface area contributed by atoms with Crippen LogP contribution in [0.2, 0.25) is 0 Å². The van der Waals surface area contributed by atoms with Crippen molar-refractivity contribution in [1.29, 1.82) is 5.26 Å². The second kappa shape index (κ2) is 6.38. The van der Waals surface area contributed by atoms with Crippen molar-refractivity contribution < 1.29 is 4.74 Å². The summed E-state index contributed by atoms with van der Waals surface area (Å²) in [5.74, 6) is 0. The van der Waals surface area contributed by atoms with Crippen LogP contribution in [0.4, 0.5) is 0 Å². The highest BCUT2D eigenvalue weighted by atomic mass is 35.5. The molecule has 1 fully saturated rings. The van der Waals surface area contributed by atoms with E-state index in [-0.39, 0.29) is 6.04 Å². The molecule has 102 valence electrons. The lowest BCUT2D eigenvalue weighted by Gasteiger charge is -2.40. The fourth-order valence-electron chi connectivity index (χ4n) is 2.57. The Morgan fingerprint density at radius 1 is 1.37 bits per heavy atom. The summed E-state index contributed by atoms with van der Waals surface area (Å²) >= 11 is 6.60. The molecule has 1 aromatic carbocycles. The highest BCUT2D eigenvalue weighted by Crippen LogP contribution is 2.39. The van der Waals surface area contributed by atoms with Crippen molar-refractivity contribution in [1.82, 2.24) is 4.90 Å². The van der Waals surface area contributed by atoms with Crippen LogP contribution in [-0.4, -0.2) is 36.1 Å². The van der Waals surface area contributed by atoms with Gasteiger partial charge in [0.1, 0.15) is 4.87 Å². The molecule has 3 nitrogen and oxygen atoms in total. The zero-order valence-electron chi connectivity index (χ0n) is 11.2. The lowest BCUT2D eigenvalue weighted by Crippen LogP contribution is -2.46. The van der Waals surface area contributed by atoms with Gasteiger partial charge in [0.2, 0.25) is 0 Å². The number of hydrogen-bond acceptors (Lipinski definition) is 3. The first-order valence-corrected chi connectivity index (χ1v) is 7.06. The summed E-state index contributed by atoms with van der Waals surface area (Å²) in [5, 5.41) is 9.51. The molecule has 0 aromatic heterocycles. The molecule has 19 heavy (non-hydrogen) atoms. The Morgan fingerprint density at radius 2 is 2.00 bits per heavy atom. The lowest BCUT2D eigenvalue weighted by molar-refractivity contribution is 0.0101. The van der Waals surface area contributed by atoms with Gasteiger partial charge >= 0.3 is 0 Å². The van der Waals surface area contributed by atoms with Gasteiger partial charge in [0, 0.05) is 13.1 Å². The van der Waals surface area contributed by atoms with Crippen LogP contribution >= 0.6 is 11.6 Å². The van der Waals surface area contributed by atoms with E-state index in [0.717, 1.165) is 18.7 Å². The molecular formula is C15H19ClN2O. The number of morpholine rings is 1.